The Balaban J connectivity index is 2.10. The fourth-order valence-corrected chi connectivity index (χ4v) is 3.05. The summed E-state index contributed by atoms with van der Waals surface area (Å²) in [6, 6.07) is 6.54. The number of phenols is 1. The van der Waals surface area contributed by atoms with Gasteiger partial charge in [0.05, 0.1) is 11.5 Å². The summed E-state index contributed by atoms with van der Waals surface area (Å²) in [6.07, 6.45) is 2.36. The van der Waals surface area contributed by atoms with Crippen LogP contribution in [-0.2, 0) is 14.3 Å². The van der Waals surface area contributed by atoms with E-state index in [0.29, 0.717) is 21.4 Å². The number of carbonyl (C=O) groups excluding carboxylic acids is 2. The van der Waals surface area contributed by atoms with Crippen LogP contribution >= 0.6 is 24.0 Å². The van der Waals surface area contributed by atoms with Crippen molar-refractivity contribution in [3.8, 4) is 5.75 Å². The zero-order valence-corrected chi connectivity index (χ0v) is 13.6. The van der Waals surface area contributed by atoms with Gasteiger partial charge in [0, 0.05) is 0 Å². The average molecular weight is 337 g/mol. The van der Waals surface area contributed by atoms with Crippen molar-refractivity contribution in [3.05, 3.63) is 34.7 Å². The molecule has 1 aromatic rings. The lowest BCUT2D eigenvalue weighted by atomic mass is 10.2. The van der Waals surface area contributed by atoms with Crippen molar-refractivity contribution < 1.29 is 19.4 Å². The first-order valence-corrected chi connectivity index (χ1v) is 7.93. The summed E-state index contributed by atoms with van der Waals surface area (Å²) in [4.78, 5) is 25.6. The van der Waals surface area contributed by atoms with Crippen LogP contribution < -0.4 is 0 Å². The van der Waals surface area contributed by atoms with Gasteiger partial charge in [-0.25, -0.2) is 0 Å². The molecule has 7 heteroatoms. The molecule has 0 aliphatic carbocycles. The second-order valence-corrected chi connectivity index (χ2v) is 6.26. The highest BCUT2D eigenvalue weighted by atomic mass is 32.2. The fourth-order valence-electron chi connectivity index (χ4n) is 1.79. The molecule has 2 rings (SSSR count). The van der Waals surface area contributed by atoms with Gasteiger partial charge in [0.2, 0.25) is 0 Å². The van der Waals surface area contributed by atoms with Crippen molar-refractivity contribution in [1.29, 1.82) is 0 Å². The summed E-state index contributed by atoms with van der Waals surface area (Å²) in [5.74, 6) is -0.684. The molecular weight excluding hydrogens is 322 g/mol. The summed E-state index contributed by atoms with van der Waals surface area (Å²) in [6.45, 7) is 2.04. The van der Waals surface area contributed by atoms with E-state index in [1.807, 2.05) is 6.92 Å². The summed E-state index contributed by atoms with van der Waals surface area (Å²) < 4.78 is 5.29. The number of rotatable bonds is 5. The van der Waals surface area contributed by atoms with Crippen molar-refractivity contribution in [2.75, 3.05) is 13.2 Å². The van der Waals surface area contributed by atoms with Gasteiger partial charge in [-0.2, -0.15) is 0 Å². The Labute approximate surface area is 137 Å². The number of thiocarbonyl (C=S) groups is 1. The van der Waals surface area contributed by atoms with E-state index in [9.17, 15) is 14.7 Å². The van der Waals surface area contributed by atoms with Crippen LogP contribution in [0.2, 0.25) is 0 Å². The Morgan fingerprint density at radius 1 is 1.50 bits per heavy atom. The predicted octanol–water partition coefficient (Wildman–Crippen LogP) is 2.55. The van der Waals surface area contributed by atoms with Crippen LogP contribution in [0.15, 0.2) is 29.2 Å². The number of thioether (sulfide) groups is 1. The van der Waals surface area contributed by atoms with E-state index in [4.69, 9.17) is 17.0 Å². The molecule has 1 saturated heterocycles. The van der Waals surface area contributed by atoms with E-state index in [0.717, 1.165) is 18.2 Å². The third-order valence-corrected chi connectivity index (χ3v) is 4.17. The van der Waals surface area contributed by atoms with Crippen LogP contribution in [0, 0.1) is 0 Å². The van der Waals surface area contributed by atoms with Crippen molar-refractivity contribution in [2.45, 2.75) is 13.3 Å². The van der Waals surface area contributed by atoms with Gasteiger partial charge in [-0.3, -0.25) is 14.5 Å². The van der Waals surface area contributed by atoms with Crippen LogP contribution in [0.25, 0.3) is 6.08 Å². The first-order chi connectivity index (χ1) is 10.5. The Morgan fingerprint density at radius 2 is 2.27 bits per heavy atom. The molecule has 5 nitrogen and oxygen atoms in total. The van der Waals surface area contributed by atoms with Crippen LogP contribution in [0.3, 0.4) is 0 Å². The molecule has 1 aromatic carbocycles. The molecule has 0 bridgehead atoms. The maximum atomic E-state index is 12.3. The van der Waals surface area contributed by atoms with Gasteiger partial charge >= 0.3 is 5.97 Å². The minimum Gasteiger partial charge on any atom is -0.508 e. The van der Waals surface area contributed by atoms with E-state index in [2.05, 4.69) is 0 Å². The molecule has 1 N–H and O–H groups in total. The summed E-state index contributed by atoms with van der Waals surface area (Å²) in [5.41, 5.74) is 0.689. The lowest BCUT2D eigenvalue weighted by molar-refractivity contribution is -0.146. The van der Waals surface area contributed by atoms with Gasteiger partial charge in [-0.05, 0) is 30.2 Å². The lowest BCUT2D eigenvalue weighted by Crippen LogP contribution is -2.34. The molecule has 0 unspecified atom stereocenters. The van der Waals surface area contributed by atoms with Crippen molar-refractivity contribution >= 4 is 46.3 Å². The lowest BCUT2D eigenvalue weighted by Gasteiger charge is -2.13. The number of aromatic hydroxyl groups is 1. The maximum absolute atomic E-state index is 12.3. The maximum Gasteiger partial charge on any atom is 0.326 e. The smallest absolute Gasteiger partial charge is 0.326 e. The summed E-state index contributed by atoms with van der Waals surface area (Å²) in [5, 5.41) is 9.44. The molecule has 0 radical (unpaired) electrons. The Hall–Kier alpha value is -1.86. The predicted molar refractivity (Wildman–Crippen MR) is 89.2 cm³/mol. The largest absolute Gasteiger partial charge is 0.508 e. The number of benzene rings is 1. The van der Waals surface area contributed by atoms with Gasteiger partial charge in [0.15, 0.2) is 0 Å². The molecule has 1 aliphatic rings. The zero-order valence-electron chi connectivity index (χ0n) is 11.9. The van der Waals surface area contributed by atoms with Gasteiger partial charge in [-0.15, -0.1) is 0 Å². The first kappa shape index (κ1) is 16.5. The summed E-state index contributed by atoms with van der Waals surface area (Å²) >= 11 is 6.27. The Morgan fingerprint density at radius 3 is 2.95 bits per heavy atom. The standard InChI is InChI=1S/C15H15NO4S2/c1-2-6-20-13(18)9-16-14(19)12(22-15(16)21)8-10-4-3-5-11(17)7-10/h3-5,7-8,17H,2,6,9H2,1H3. The van der Waals surface area contributed by atoms with Crippen molar-refractivity contribution in [2.24, 2.45) is 0 Å². The number of nitrogens with zero attached hydrogens (tertiary/aromatic N) is 1. The van der Waals surface area contributed by atoms with Crippen molar-refractivity contribution in [3.63, 3.8) is 0 Å². The second kappa shape index (κ2) is 7.42. The van der Waals surface area contributed by atoms with Gasteiger partial charge in [0.25, 0.3) is 5.91 Å². The second-order valence-electron chi connectivity index (χ2n) is 4.58. The average Bonchev–Trinajstić information content (AvgIpc) is 2.73. The molecule has 0 spiro atoms. The third kappa shape index (κ3) is 4.08. The number of esters is 1. The van der Waals surface area contributed by atoms with Gasteiger partial charge in [-0.1, -0.05) is 43.0 Å². The van der Waals surface area contributed by atoms with E-state index < -0.39 is 5.97 Å². The van der Waals surface area contributed by atoms with E-state index >= 15 is 0 Å². The number of hydrogen-bond donors (Lipinski definition) is 1. The molecule has 116 valence electrons. The molecular formula is C15H15NO4S2. The number of amides is 1. The molecule has 0 saturated carbocycles. The van der Waals surface area contributed by atoms with E-state index in [1.165, 1.54) is 4.90 Å². The van der Waals surface area contributed by atoms with E-state index in [1.54, 1.807) is 30.3 Å². The topological polar surface area (TPSA) is 66.8 Å². The fraction of sp³-hybridized carbons (Fsp3) is 0.267. The number of carbonyl (C=O) groups is 2. The van der Waals surface area contributed by atoms with Crippen LogP contribution in [0.1, 0.15) is 18.9 Å². The Kier molecular flexibility index (Phi) is 5.57. The molecule has 22 heavy (non-hydrogen) atoms. The molecule has 1 amide bonds. The highest BCUT2D eigenvalue weighted by molar-refractivity contribution is 8.26. The van der Waals surface area contributed by atoms with Crippen molar-refractivity contribution in [1.82, 2.24) is 4.90 Å². The number of phenolic OH excluding ortho intramolecular Hbond substituents is 1. The third-order valence-electron chi connectivity index (χ3n) is 2.80. The normalized spacial score (nSPS) is 16.4. The molecule has 1 aliphatic heterocycles. The highest BCUT2D eigenvalue weighted by Crippen LogP contribution is 2.32. The Bertz CT molecular complexity index is 642. The molecule has 1 heterocycles. The quantitative estimate of drug-likeness (QED) is 0.506. The molecule has 0 aromatic heterocycles. The molecule has 1 fully saturated rings. The SMILES string of the molecule is CCCOC(=O)CN1C(=O)C(=Cc2cccc(O)c2)SC1=S. The number of ether oxygens (including phenoxy) is 1. The van der Waals surface area contributed by atoms with Crippen LogP contribution in [0.4, 0.5) is 0 Å². The monoisotopic (exact) mass is 337 g/mol. The highest BCUT2D eigenvalue weighted by Gasteiger charge is 2.33. The van der Waals surface area contributed by atoms with E-state index in [-0.39, 0.29) is 18.2 Å². The van der Waals surface area contributed by atoms with Crippen LogP contribution in [0.5, 0.6) is 5.75 Å². The van der Waals surface area contributed by atoms with Crippen LogP contribution in [-0.4, -0.2) is 39.4 Å². The summed E-state index contributed by atoms with van der Waals surface area (Å²) in [7, 11) is 0. The molecule has 0 atom stereocenters. The van der Waals surface area contributed by atoms with Gasteiger partial charge in [0.1, 0.15) is 16.6 Å². The van der Waals surface area contributed by atoms with Gasteiger partial charge < -0.3 is 9.84 Å². The number of hydrogen-bond acceptors (Lipinski definition) is 6. The minimum atomic E-state index is -0.475. The zero-order chi connectivity index (χ0) is 16.1. The first-order valence-electron chi connectivity index (χ1n) is 6.71. The minimum absolute atomic E-state index is 0.118.